The Bertz CT molecular complexity index is 646. The van der Waals surface area contributed by atoms with Gasteiger partial charge in [-0.2, -0.15) is 0 Å². The highest BCUT2D eigenvalue weighted by molar-refractivity contribution is 5.94. The van der Waals surface area contributed by atoms with E-state index in [1.807, 2.05) is 0 Å². The largest absolute Gasteiger partial charge is 0.469 e. The van der Waals surface area contributed by atoms with Gasteiger partial charge in [0.15, 0.2) is 0 Å². The zero-order valence-corrected chi connectivity index (χ0v) is 13.6. The molecule has 1 N–H and O–H groups in total. The van der Waals surface area contributed by atoms with Crippen LogP contribution in [0, 0.1) is 11.7 Å². The van der Waals surface area contributed by atoms with Gasteiger partial charge < -0.3 is 14.8 Å². The Morgan fingerprint density at radius 1 is 1.21 bits per heavy atom. The first-order chi connectivity index (χ1) is 11.4. The molecule has 0 aliphatic heterocycles. The van der Waals surface area contributed by atoms with Crippen LogP contribution in [-0.4, -0.2) is 31.1 Å². The molecule has 1 aromatic carbocycles. The highest BCUT2D eigenvalue weighted by Crippen LogP contribution is 2.29. The molecule has 130 valence electrons. The summed E-state index contributed by atoms with van der Waals surface area (Å²) >= 11 is 0. The standard InChI is InChI=1S/C17H20FNO5/c1-10(20)19-14-9-11(7-8-13(14)18)16(21)24-15-6-4-3-5-12(15)17(22)23-2/h7-9,12,15H,3-6H2,1-2H3,(H,19,20)/t12-,15-/m1/s1. The third-order valence-corrected chi connectivity index (χ3v) is 3.98. The maximum Gasteiger partial charge on any atom is 0.338 e. The predicted molar refractivity (Wildman–Crippen MR) is 83.9 cm³/mol. The molecular formula is C17H20FNO5. The van der Waals surface area contributed by atoms with E-state index in [2.05, 4.69) is 5.32 Å². The maximum absolute atomic E-state index is 13.6. The second-order valence-corrected chi connectivity index (χ2v) is 5.73. The fourth-order valence-electron chi connectivity index (χ4n) is 2.80. The molecular weight excluding hydrogens is 317 g/mol. The highest BCUT2D eigenvalue weighted by Gasteiger charge is 2.34. The van der Waals surface area contributed by atoms with Crippen LogP contribution < -0.4 is 5.32 Å². The number of esters is 2. The van der Waals surface area contributed by atoms with Gasteiger partial charge in [-0.3, -0.25) is 9.59 Å². The molecule has 2 rings (SSSR count). The van der Waals surface area contributed by atoms with Gasteiger partial charge in [0.1, 0.15) is 11.9 Å². The minimum atomic E-state index is -0.664. The quantitative estimate of drug-likeness (QED) is 0.854. The van der Waals surface area contributed by atoms with Crippen molar-refractivity contribution in [2.75, 3.05) is 12.4 Å². The predicted octanol–water partition coefficient (Wildman–Crippen LogP) is 2.67. The number of nitrogens with one attached hydrogen (secondary N) is 1. The van der Waals surface area contributed by atoms with Crippen LogP contribution in [0.4, 0.5) is 10.1 Å². The van der Waals surface area contributed by atoms with Crippen molar-refractivity contribution < 1.29 is 28.2 Å². The lowest BCUT2D eigenvalue weighted by atomic mass is 9.86. The molecule has 0 aromatic heterocycles. The molecule has 2 atom stereocenters. The van der Waals surface area contributed by atoms with Crippen molar-refractivity contribution >= 4 is 23.5 Å². The number of ether oxygens (including phenoxy) is 2. The molecule has 0 radical (unpaired) electrons. The van der Waals surface area contributed by atoms with Crippen LogP contribution in [0.25, 0.3) is 0 Å². The van der Waals surface area contributed by atoms with Crippen molar-refractivity contribution in [2.24, 2.45) is 5.92 Å². The molecule has 1 aromatic rings. The van der Waals surface area contributed by atoms with Crippen molar-refractivity contribution in [3.8, 4) is 0 Å². The van der Waals surface area contributed by atoms with Gasteiger partial charge in [-0.05, 0) is 37.5 Å². The molecule has 0 unspecified atom stereocenters. The summed E-state index contributed by atoms with van der Waals surface area (Å²) in [5.41, 5.74) is 0.0134. The molecule has 1 saturated carbocycles. The number of methoxy groups -OCH3 is 1. The third kappa shape index (κ3) is 4.31. The van der Waals surface area contributed by atoms with Gasteiger partial charge in [0.05, 0.1) is 24.3 Å². The number of carbonyl (C=O) groups excluding carboxylic acids is 3. The first-order valence-corrected chi connectivity index (χ1v) is 7.78. The van der Waals surface area contributed by atoms with E-state index in [1.165, 1.54) is 26.2 Å². The zero-order valence-electron chi connectivity index (χ0n) is 13.6. The number of rotatable bonds is 4. The third-order valence-electron chi connectivity index (χ3n) is 3.98. The van der Waals surface area contributed by atoms with Gasteiger partial charge in [0.2, 0.25) is 5.91 Å². The van der Waals surface area contributed by atoms with E-state index < -0.39 is 35.7 Å². The van der Waals surface area contributed by atoms with Gasteiger partial charge in [0.25, 0.3) is 0 Å². The second-order valence-electron chi connectivity index (χ2n) is 5.73. The number of anilines is 1. The molecule has 1 fully saturated rings. The van der Waals surface area contributed by atoms with E-state index in [9.17, 15) is 18.8 Å². The molecule has 0 saturated heterocycles. The summed E-state index contributed by atoms with van der Waals surface area (Å²) in [6.07, 6.45) is 2.34. The Labute approximate surface area is 139 Å². The van der Waals surface area contributed by atoms with Crippen LogP contribution in [0.15, 0.2) is 18.2 Å². The summed E-state index contributed by atoms with van der Waals surface area (Å²) < 4.78 is 23.8. The van der Waals surface area contributed by atoms with E-state index in [1.54, 1.807) is 0 Å². The molecule has 7 heteroatoms. The molecule has 0 spiro atoms. The minimum Gasteiger partial charge on any atom is -0.469 e. The van der Waals surface area contributed by atoms with Crippen LogP contribution in [0.2, 0.25) is 0 Å². The number of carbonyl (C=O) groups is 3. The van der Waals surface area contributed by atoms with E-state index in [4.69, 9.17) is 9.47 Å². The summed E-state index contributed by atoms with van der Waals surface area (Å²) in [5, 5.41) is 2.31. The Morgan fingerprint density at radius 3 is 2.58 bits per heavy atom. The normalized spacial score (nSPS) is 20.1. The maximum atomic E-state index is 13.6. The molecule has 0 bridgehead atoms. The highest BCUT2D eigenvalue weighted by atomic mass is 19.1. The first kappa shape index (κ1) is 17.9. The lowest BCUT2D eigenvalue weighted by Gasteiger charge is -2.29. The number of amides is 1. The van der Waals surface area contributed by atoms with Crippen LogP contribution in [0.5, 0.6) is 0 Å². The summed E-state index contributed by atoms with van der Waals surface area (Å²) in [5.74, 6) is -2.64. The van der Waals surface area contributed by atoms with Crippen LogP contribution >= 0.6 is 0 Å². The Hall–Kier alpha value is -2.44. The number of hydrogen-bond acceptors (Lipinski definition) is 5. The molecule has 24 heavy (non-hydrogen) atoms. The van der Waals surface area contributed by atoms with Crippen molar-refractivity contribution in [1.82, 2.24) is 0 Å². The van der Waals surface area contributed by atoms with Crippen LogP contribution in [0.3, 0.4) is 0 Å². The lowest BCUT2D eigenvalue weighted by Crippen LogP contribution is -2.36. The first-order valence-electron chi connectivity index (χ1n) is 7.78. The Balaban J connectivity index is 2.13. The van der Waals surface area contributed by atoms with Crippen LogP contribution in [-0.2, 0) is 19.1 Å². The fraction of sp³-hybridized carbons (Fsp3) is 0.471. The van der Waals surface area contributed by atoms with Gasteiger partial charge in [-0.15, -0.1) is 0 Å². The number of hydrogen-bond donors (Lipinski definition) is 1. The fourth-order valence-corrected chi connectivity index (χ4v) is 2.80. The molecule has 0 heterocycles. The molecule has 1 aliphatic carbocycles. The van der Waals surface area contributed by atoms with Gasteiger partial charge in [0, 0.05) is 6.92 Å². The zero-order chi connectivity index (χ0) is 17.7. The summed E-state index contributed by atoms with van der Waals surface area (Å²) in [4.78, 5) is 35.2. The molecule has 6 nitrogen and oxygen atoms in total. The topological polar surface area (TPSA) is 81.7 Å². The Morgan fingerprint density at radius 2 is 1.92 bits per heavy atom. The Kier molecular flexibility index (Phi) is 5.89. The van der Waals surface area contributed by atoms with Gasteiger partial charge in [-0.25, -0.2) is 9.18 Å². The number of benzene rings is 1. The molecule has 1 amide bonds. The summed E-state index contributed by atoms with van der Waals surface area (Å²) in [7, 11) is 1.30. The van der Waals surface area contributed by atoms with E-state index in [0.717, 1.165) is 18.9 Å². The van der Waals surface area contributed by atoms with E-state index in [0.29, 0.717) is 12.8 Å². The molecule has 1 aliphatic rings. The van der Waals surface area contributed by atoms with Gasteiger partial charge >= 0.3 is 11.9 Å². The summed E-state index contributed by atoms with van der Waals surface area (Å²) in [6.45, 7) is 1.24. The SMILES string of the molecule is COC(=O)[C@@H]1CCCC[C@H]1OC(=O)c1ccc(F)c(NC(C)=O)c1. The van der Waals surface area contributed by atoms with Crippen molar-refractivity contribution in [1.29, 1.82) is 0 Å². The summed E-state index contributed by atoms with van der Waals surface area (Å²) in [6, 6.07) is 3.58. The smallest absolute Gasteiger partial charge is 0.338 e. The van der Waals surface area contributed by atoms with E-state index in [-0.39, 0.29) is 11.3 Å². The minimum absolute atomic E-state index is 0.0925. The second kappa shape index (κ2) is 7.90. The van der Waals surface area contributed by atoms with Crippen molar-refractivity contribution in [3.05, 3.63) is 29.6 Å². The van der Waals surface area contributed by atoms with Gasteiger partial charge in [-0.1, -0.05) is 6.42 Å². The number of halogens is 1. The van der Waals surface area contributed by atoms with Crippen molar-refractivity contribution in [2.45, 2.75) is 38.7 Å². The van der Waals surface area contributed by atoms with Crippen LogP contribution in [0.1, 0.15) is 43.0 Å². The lowest BCUT2D eigenvalue weighted by molar-refractivity contribution is -0.151. The van der Waals surface area contributed by atoms with Crippen molar-refractivity contribution in [3.63, 3.8) is 0 Å². The average Bonchev–Trinajstić information content (AvgIpc) is 2.56. The monoisotopic (exact) mass is 337 g/mol. The average molecular weight is 337 g/mol. The van der Waals surface area contributed by atoms with E-state index >= 15 is 0 Å².